The summed E-state index contributed by atoms with van der Waals surface area (Å²) in [6.07, 6.45) is 8.68. The van der Waals surface area contributed by atoms with E-state index in [1.165, 1.54) is 9.79 Å². The molecule has 2 atom stereocenters. The molecule has 4 rings (SSSR count). The van der Waals surface area contributed by atoms with Gasteiger partial charge >= 0.3 is 5.97 Å². The van der Waals surface area contributed by atoms with Crippen molar-refractivity contribution in [2.75, 3.05) is 0 Å². The highest BCUT2D eigenvalue weighted by molar-refractivity contribution is 7.97. The van der Waals surface area contributed by atoms with E-state index < -0.39 is 11.6 Å². The van der Waals surface area contributed by atoms with Gasteiger partial charge in [-0.2, -0.15) is 0 Å². The van der Waals surface area contributed by atoms with Crippen LogP contribution in [0.5, 0.6) is 0 Å². The number of benzene rings is 3. The number of ether oxygens (including phenoxy) is 1. The summed E-state index contributed by atoms with van der Waals surface area (Å²) in [5.41, 5.74) is 0.605. The second-order valence-electron chi connectivity index (χ2n) is 8.20. The van der Waals surface area contributed by atoms with E-state index in [9.17, 15) is 4.79 Å². The molecular weight excluding hydrogens is 412 g/mol. The van der Waals surface area contributed by atoms with Crippen molar-refractivity contribution in [2.24, 2.45) is 5.92 Å². The molecule has 160 valence electrons. The van der Waals surface area contributed by atoms with E-state index in [0.29, 0.717) is 5.56 Å². The Morgan fingerprint density at radius 1 is 0.969 bits per heavy atom. The molecule has 3 aromatic carbocycles. The molecule has 32 heavy (non-hydrogen) atoms. The summed E-state index contributed by atoms with van der Waals surface area (Å²) < 4.78 is 5.86. The third kappa shape index (κ3) is 4.52. The van der Waals surface area contributed by atoms with Crippen molar-refractivity contribution in [1.29, 1.82) is 0 Å². The highest BCUT2D eigenvalue weighted by Gasteiger charge is 2.40. The second-order valence-corrected chi connectivity index (χ2v) is 10.2. The van der Waals surface area contributed by atoms with Gasteiger partial charge in [0.25, 0.3) is 0 Å². The van der Waals surface area contributed by atoms with Gasteiger partial charge in [0.05, 0.1) is 16.5 Å². The maximum Gasteiger partial charge on any atom is 0.339 e. The van der Waals surface area contributed by atoms with Crippen molar-refractivity contribution < 1.29 is 9.53 Å². The molecule has 0 N–H and O–H groups in total. The van der Waals surface area contributed by atoms with Crippen LogP contribution in [0.3, 0.4) is 0 Å². The van der Waals surface area contributed by atoms with Crippen LogP contribution in [0.2, 0.25) is 0 Å². The quantitative estimate of drug-likeness (QED) is 0.185. The molecule has 1 aliphatic rings. The van der Waals surface area contributed by atoms with Gasteiger partial charge in [-0.15, -0.1) is 6.42 Å². The first-order chi connectivity index (χ1) is 15.5. The van der Waals surface area contributed by atoms with E-state index in [1.807, 2.05) is 43.3 Å². The van der Waals surface area contributed by atoms with Gasteiger partial charge in [-0.05, 0) is 74.7 Å². The molecule has 0 amide bonds. The van der Waals surface area contributed by atoms with E-state index in [1.54, 1.807) is 0 Å². The highest BCUT2D eigenvalue weighted by Crippen LogP contribution is 2.40. The molecule has 3 heteroatoms. The number of hydrogen-bond donors (Lipinski definition) is 0. The Labute approximate surface area is 193 Å². The fourth-order valence-corrected chi connectivity index (χ4v) is 6.36. The van der Waals surface area contributed by atoms with Gasteiger partial charge < -0.3 is 4.74 Å². The zero-order valence-corrected chi connectivity index (χ0v) is 19.1. The molecule has 0 aliphatic heterocycles. The molecule has 0 aromatic heterocycles. The van der Waals surface area contributed by atoms with E-state index in [4.69, 9.17) is 11.2 Å². The summed E-state index contributed by atoms with van der Waals surface area (Å²) in [5, 5.41) is 0. The minimum atomic E-state index is -0.971. The number of rotatable bonds is 6. The average molecular weight is 440 g/mol. The van der Waals surface area contributed by atoms with Crippen molar-refractivity contribution in [3.8, 4) is 12.3 Å². The molecule has 0 radical (unpaired) electrons. The Hall–Kier alpha value is -3.22. The molecule has 2 unspecified atom stereocenters. The van der Waals surface area contributed by atoms with Gasteiger partial charge in [-0.25, -0.2) is 4.79 Å². The molecule has 3 aromatic rings. The summed E-state index contributed by atoms with van der Waals surface area (Å²) >= 11 is 0. The van der Waals surface area contributed by atoms with Gasteiger partial charge in [0.2, 0.25) is 0 Å². The van der Waals surface area contributed by atoms with Crippen molar-refractivity contribution in [1.82, 2.24) is 0 Å². The largest absolute Gasteiger partial charge is 0.442 e. The average Bonchev–Trinajstić information content (AvgIpc) is 3.28. The molecule has 0 saturated heterocycles. The third-order valence-electron chi connectivity index (χ3n) is 6.02. The Kier molecular flexibility index (Phi) is 6.53. The minimum absolute atomic E-state index is 0.0118. The first-order valence-electron chi connectivity index (χ1n) is 10.8. The van der Waals surface area contributed by atoms with Crippen LogP contribution in [0.15, 0.2) is 112 Å². The van der Waals surface area contributed by atoms with Crippen molar-refractivity contribution in [2.45, 2.75) is 46.5 Å². The zero-order chi connectivity index (χ0) is 22.6. The summed E-state index contributed by atoms with van der Waals surface area (Å²) in [7, 11) is -0.260. The maximum atomic E-state index is 13.0. The van der Waals surface area contributed by atoms with Gasteiger partial charge in [-0.1, -0.05) is 54.5 Å². The Balaban J connectivity index is 1.59. The van der Waals surface area contributed by atoms with E-state index in [0.717, 1.165) is 29.7 Å². The van der Waals surface area contributed by atoms with Crippen LogP contribution >= 0.6 is 0 Å². The molecular formula is C29H27O2S+. The lowest BCUT2D eigenvalue weighted by Crippen LogP contribution is -2.37. The molecule has 1 fully saturated rings. The van der Waals surface area contributed by atoms with Gasteiger partial charge in [0.1, 0.15) is 0 Å². The molecule has 1 aliphatic carbocycles. The van der Waals surface area contributed by atoms with Gasteiger partial charge in [0, 0.05) is 5.92 Å². The fraction of sp³-hybridized carbons (Fsp3) is 0.207. The van der Waals surface area contributed by atoms with Crippen molar-refractivity contribution in [3.63, 3.8) is 0 Å². The predicted octanol–water partition coefficient (Wildman–Crippen LogP) is 6.69. The SMILES string of the molecule is C#CC(C)(OC(=O)c1ccc([S+](c2ccccc2)c2ccccc2)cc1)C1CCCC1=C. The van der Waals surface area contributed by atoms with Crippen LogP contribution < -0.4 is 0 Å². The molecule has 1 saturated carbocycles. The number of esters is 1. The normalized spacial score (nSPS) is 17.5. The van der Waals surface area contributed by atoms with Crippen molar-refractivity contribution in [3.05, 3.63) is 103 Å². The van der Waals surface area contributed by atoms with Gasteiger partial charge in [0.15, 0.2) is 20.3 Å². The van der Waals surface area contributed by atoms with Crippen LogP contribution in [0.25, 0.3) is 0 Å². The Morgan fingerprint density at radius 3 is 1.97 bits per heavy atom. The summed E-state index contributed by atoms with van der Waals surface area (Å²) in [6.45, 7) is 5.95. The van der Waals surface area contributed by atoms with Crippen LogP contribution in [-0.2, 0) is 15.6 Å². The lowest BCUT2D eigenvalue weighted by molar-refractivity contribution is -0.00151. The van der Waals surface area contributed by atoms with Crippen LogP contribution in [-0.4, -0.2) is 11.6 Å². The lowest BCUT2D eigenvalue weighted by atomic mass is 9.85. The van der Waals surface area contributed by atoms with Crippen LogP contribution in [0.1, 0.15) is 36.5 Å². The van der Waals surface area contributed by atoms with Crippen molar-refractivity contribution >= 4 is 16.9 Å². The Morgan fingerprint density at radius 2 is 1.50 bits per heavy atom. The van der Waals surface area contributed by atoms with E-state index >= 15 is 0 Å². The zero-order valence-electron chi connectivity index (χ0n) is 18.3. The van der Waals surface area contributed by atoms with Crippen LogP contribution in [0.4, 0.5) is 0 Å². The lowest BCUT2D eigenvalue weighted by Gasteiger charge is -2.31. The monoisotopic (exact) mass is 439 g/mol. The standard InChI is InChI=1S/C29H27O2S/c1-4-29(3,27-17-11-12-22(27)2)31-28(30)23-18-20-26(21-19-23)32(24-13-7-5-8-14-24)25-15-9-6-10-16-25/h1,5-10,13-16,18-21,27H,2,11-12,17H2,3H3/q+1. The highest BCUT2D eigenvalue weighted by atomic mass is 32.2. The van der Waals surface area contributed by atoms with E-state index in [-0.39, 0.29) is 16.8 Å². The minimum Gasteiger partial charge on any atom is -0.442 e. The molecule has 0 bridgehead atoms. The summed E-state index contributed by atoms with van der Waals surface area (Å²) in [4.78, 5) is 16.6. The smallest absolute Gasteiger partial charge is 0.339 e. The molecule has 2 nitrogen and oxygen atoms in total. The molecule has 0 spiro atoms. The second kappa shape index (κ2) is 9.51. The fourth-order valence-electron chi connectivity index (χ4n) is 4.28. The first-order valence-corrected chi connectivity index (χ1v) is 12.1. The van der Waals surface area contributed by atoms with E-state index in [2.05, 4.69) is 61.0 Å². The topological polar surface area (TPSA) is 26.3 Å². The number of terminal acetylenes is 1. The number of carbonyl (C=O) groups is 1. The maximum absolute atomic E-state index is 13.0. The molecule has 0 heterocycles. The number of hydrogen-bond acceptors (Lipinski definition) is 2. The summed E-state index contributed by atoms with van der Waals surface area (Å²) in [6, 6.07) is 28.6. The summed E-state index contributed by atoms with van der Waals surface area (Å²) in [5.74, 6) is 2.34. The Bertz CT molecular complexity index is 1090. The van der Waals surface area contributed by atoms with Crippen LogP contribution in [0, 0.1) is 18.3 Å². The van der Waals surface area contributed by atoms with Gasteiger partial charge in [-0.3, -0.25) is 0 Å². The predicted molar refractivity (Wildman–Crippen MR) is 131 cm³/mol. The first kappa shape index (κ1) is 22.0. The number of carbonyl (C=O) groups excluding carboxylic acids is 1. The third-order valence-corrected chi connectivity index (χ3v) is 8.25.